The summed E-state index contributed by atoms with van der Waals surface area (Å²) >= 11 is 6.10. The van der Waals surface area contributed by atoms with E-state index in [0.29, 0.717) is 16.5 Å². The molecule has 7 heteroatoms. The van der Waals surface area contributed by atoms with Crippen LogP contribution in [0, 0.1) is 0 Å². The summed E-state index contributed by atoms with van der Waals surface area (Å²) in [6.45, 7) is 1.99. The molecule has 1 N–H and O–H groups in total. The van der Waals surface area contributed by atoms with Crippen molar-refractivity contribution >= 4 is 23.4 Å². The monoisotopic (exact) mass is 426 g/mol. The Labute approximate surface area is 180 Å². The van der Waals surface area contributed by atoms with Crippen LogP contribution in [0.25, 0.3) is 0 Å². The lowest BCUT2D eigenvalue weighted by molar-refractivity contribution is -0.142. The zero-order valence-corrected chi connectivity index (χ0v) is 17.3. The van der Waals surface area contributed by atoms with Crippen LogP contribution in [-0.4, -0.2) is 29.4 Å². The maximum Gasteiger partial charge on any atom is 0.261 e. The van der Waals surface area contributed by atoms with Crippen LogP contribution in [0.2, 0.25) is 5.02 Å². The van der Waals surface area contributed by atoms with Crippen LogP contribution in [-0.2, 0) is 22.7 Å². The molecule has 0 aliphatic heterocycles. The van der Waals surface area contributed by atoms with E-state index in [9.17, 15) is 9.59 Å². The van der Waals surface area contributed by atoms with Gasteiger partial charge < -0.3 is 19.4 Å². The van der Waals surface area contributed by atoms with Gasteiger partial charge in [-0.05, 0) is 36.8 Å². The van der Waals surface area contributed by atoms with Crippen LogP contribution in [0.15, 0.2) is 77.4 Å². The van der Waals surface area contributed by atoms with E-state index in [1.807, 2.05) is 30.3 Å². The summed E-state index contributed by atoms with van der Waals surface area (Å²) in [5, 5.41) is 3.22. The first kappa shape index (κ1) is 21.5. The fraction of sp³-hybridized carbons (Fsp3) is 0.217. The van der Waals surface area contributed by atoms with Crippen LogP contribution in [0.1, 0.15) is 18.2 Å². The number of rotatable bonds is 9. The van der Waals surface area contributed by atoms with Gasteiger partial charge in [0.15, 0.2) is 6.61 Å². The van der Waals surface area contributed by atoms with Crippen molar-refractivity contribution in [2.75, 3.05) is 6.61 Å². The number of carbonyl (C=O) groups excluding carboxylic acids is 2. The Morgan fingerprint density at radius 2 is 1.80 bits per heavy atom. The molecule has 0 saturated heterocycles. The summed E-state index contributed by atoms with van der Waals surface area (Å²) in [4.78, 5) is 27.2. The number of para-hydroxylation sites is 1. The number of hydrogen-bond acceptors (Lipinski definition) is 4. The van der Waals surface area contributed by atoms with E-state index >= 15 is 0 Å². The summed E-state index contributed by atoms with van der Waals surface area (Å²) < 4.78 is 10.8. The van der Waals surface area contributed by atoms with Crippen LogP contribution >= 0.6 is 11.6 Å². The normalized spacial score (nSPS) is 11.5. The molecule has 0 saturated carbocycles. The van der Waals surface area contributed by atoms with E-state index in [1.54, 1.807) is 49.6 Å². The molecule has 3 rings (SSSR count). The van der Waals surface area contributed by atoms with E-state index in [0.717, 1.165) is 5.56 Å². The molecule has 2 amide bonds. The molecule has 2 aromatic carbocycles. The van der Waals surface area contributed by atoms with Crippen molar-refractivity contribution in [2.45, 2.75) is 26.1 Å². The fourth-order valence-corrected chi connectivity index (χ4v) is 3.07. The van der Waals surface area contributed by atoms with E-state index in [2.05, 4.69) is 5.32 Å². The lowest BCUT2D eigenvalue weighted by atomic mass is 10.1. The maximum absolute atomic E-state index is 13.0. The van der Waals surface area contributed by atoms with Crippen molar-refractivity contribution in [3.8, 4) is 5.75 Å². The zero-order valence-electron chi connectivity index (χ0n) is 16.6. The summed E-state index contributed by atoms with van der Waals surface area (Å²) in [6, 6.07) is 19.2. The van der Waals surface area contributed by atoms with Crippen LogP contribution < -0.4 is 10.1 Å². The van der Waals surface area contributed by atoms with Gasteiger partial charge in [0.25, 0.3) is 5.91 Å². The first-order valence-electron chi connectivity index (χ1n) is 9.55. The number of benzene rings is 2. The number of carbonyl (C=O) groups is 2. The van der Waals surface area contributed by atoms with Gasteiger partial charge in [-0.1, -0.05) is 54.1 Å². The highest BCUT2D eigenvalue weighted by Crippen LogP contribution is 2.23. The second-order valence-electron chi connectivity index (χ2n) is 6.70. The molecule has 0 fully saturated rings. The molecule has 0 radical (unpaired) electrons. The molecule has 0 unspecified atom stereocenters. The third kappa shape index (κ3) is 5.87. The minimum Gasteiger partial charge on any atom is -0.482 e. The van der Waals surface area contributed by atoms with Crippen molar-refractivity contribution < 1.29 is 18.7 Å². The zero-order chi connectivity index (χ0) is 21.3. The molecular formula is C23H23ClN2O4. The van der Waals surface area contributed by atoms with Gasteiger partial charge in [-0.15, -0.1) is 0 Å². The topological polar surface area (TPSA) is 71.8 Å². The second-order valence-corrected chi connectivity index (χ2v) is 7.11. The maximum atomic E-state index is 13.0. The number of hydrogen-bond donors (Lipinski definition) is 1. The Morgan fingerprint density at radius 3 is 2.50 bits per heavy atom. The molecule has 6 nitrogen and oxygen atoms in total. The van der Waals surface area contributed by atoms with Crippen molar-refractivity contribution in [1.82, 2.24) is 10.2 Å². The molecule has 0 aliphatic carbocycles. The van der Waals surface area contributed by atoms with Gasteiger partial charge in [0.05, 0.1) is 17.8 Å². The first-order valence-corrected chi connectivity index (χ1v) is 9.93. The number of nitrogens with zero attached hydrogens (tertiary/aromatic N) is 1. The first-order chi connectivity index (χ1) is 14.5. The average Bonchev–Trinajstić information content (AvgIpc) is 3.29. The van der Waals surface area contributed by atoms with E-state index in [4.69, 9.17) is 20.8 Å². The lowest BCUT2D eigenvalue weighted by Gasteiger charge is -2.28. The Bertz CT molecular complexity index is 960. The highest BCUT2D eigenvalue weighted by molar-refractivity contribution is 6.32. The minimum atomic E-state index is -0.706. The Morgan fingerprint density at radius 1 is 1.07 bits per heavy atom. The number of nitrogens with one attached hydrogen (secondary N) is 1. The highest BCUT2D eigenvalue weighted by atomic mass is 35.5. The summed E-state index contributed by atoms with van der Waals surface area (Å²) in [5.74, 6) is 0.452. The van der Waals surface area contributed by atoms with E-state index in [1.165, 1.54) is 4.90 Å². The number of halogens is 1. The van der Waals surface area contributed by atoms with Gasteiger partial charge in [0, 0.05) is 6.54 Å². The smallest absolute Gasteiger partial charge is 0.261 e. The van der Waals surface area contributed by atoms with Gasteiger partial charge in [0.1, 0.15) is 17.6 Å². The van der Waals surface area contributed by atoms with Crippen molar-refractivity contribution in [2.24, 2.45) is 0 Å². The molecule has 0 aliphatic rings. The second kappa shape index (κ2) is 10.5. The standard InChI is InChI=1S/C23H23ClN2O4/c1-17(23(28)25-14-19-10-7-13-29-19)26(15-18-8-3-2-4-9-18)22(27)16-30-21-12-6-5-11-20(21)24/h2-13,17H,14-16H2,1H3,(H,25,28)/t17-/m0/s1. The Kier molecular flexibility index (Phi) is 7.51. The highest BCUT2D eigenvalue weighted by Gasteiger charge is 2.26. The van der Waals surface area contributed by atoms with Crippen molar-refractivity contribution in [1.29, 1.82) is 0 Å². The molecule has 0 bridgehead atoms. The minimum absolute atomic E-state index is 0.230. The summed E-state index contributed by atoms with van der Waals surface area (Å²) in [7, 11) is 0. The molecule has 0 spiro atoms. The molecular weight excluding hydrogens is 404 g/mol. The van der Waals surface area contributed by atoms with E-state index < -0.39 is 6.04 Å². The number of furan rings is 1. The predicted octanol–water partition coefficient (Wildman–Crippen LogP) is 4.05. The number of amides is 2. The van der Waals surface area contributed by atoms with Crippen LogP contribution in [0.4, 0.5) is 0 Å². The van der Waals surface area contributed by atoms with Crippen molar-refractivity contribution in [3.63, 3.8) is 0 Å². The van der Waals surface area contributed by atoms with Crippen LogP contribution in [0.3, 0.4) is 0 Å². The van der Waals surface area contributed by atoms with E-state index in [-0.39, 0.29) is 31.5 Å². The molecule has 3 aromatic rings. The predicted molar refractivity (Wildman–Crippen MR) is 114 cm³/mol. The van der Waals surface area contributed by atoms with Gasteiger partial charge in [-0.25, -0.2) is 0 Å². The third-order valence-electron chi connectivity index (χ3n) is 4.57. The Hall–Kier alpha value is -3.25. The third-order valence-corrected chi connectivity index (χ3v) is 4.88. The molecule has 1 heterocycles. The lowest BCUT2D eigenvalue weighted by Crippen LogP contribution is -2.48. The van der Waals surface area contributed by atoms with Gasteiger partial charge in [-0.2, -0.15) is 0 Å². The Balaban J connectivity index is 1.69. The fourth-order valence-electron chi connectivity index (χ4n) is 2.88. The van der Waals surface area contributed by atoms with Gasteiger partial charge in [0.2, 0.25) is 5.91 Å². The summed E-state index contributed by atoms with van der Waals surface area (Å²) in [6.07, 6.45) is 1.54. The largest absolute Gasteiger partial charge is 0.482 e. The van der Waals surface area contributed by atoms with Gasteiger partial charge in [-0.3, -0.25) is 9.59 Å². The van der Waals surface area contributed by atoms with Gasteiger partial charge >= 0.3 is 0 Å². The molecule has 1 atom stereocenters. The van der Waals surface area contributed by atoms with Crippen LogP contribution in [0.5, 0.6) is 5.75 Å². The molecule has 1 aromatic heterocycles. The average molecular weight is 427 g/mol. The molecule has 30 heavy (non-hydrogen) atoms. The number of ether oxygens (including phenoxy) is 1. The van der Waals surface area contributed by atoms with Crippen molar-refractivity contribution in [3.05, 3.63) is 89.3 Å². The molecule has 156 valence electrons. The SMILES string of the molecule is C[C@@H](C(=O)NCc1ccco1)N(Cc1ccccc1)C(=O)COc1ccccc1Cl. The quantitative estimate of drug-likeness (QED) is 0.560. The summed E-state index contributed by atoms with van der Waals surface area (Å²) in [5.41, 5.74) is 0.911.